The van der Waals surface area contributed by atoms with Crippen molar-refractivity contribution < 1.29 is 23.7 Å². The molecule has 0 spiro atoms. The zero-order valence-electron chi connectivity index (χ0n) is 13.7. The fourth-order valence-corrected chi connectivity index (χ4v) is 3.07. The maximum absolute atomic E-state index is 12.3. The SMILES string of the molecule is O=C1C[C@@H]2O[C@@H](c3ccccc3)OC[C@H]2O[C@@H]1OCc1ccccc1. The summed E-state index contributed by atoms with van der Waals surface area (Å²) in [6, 6.07) is 19.4. The summed E-state index contributed by atoms with van der Waals surface area (Å²) in [6.07, 6.45) is -1.64. The fraction of sp³-hybridized carbons (Fsp3) is 0.350. The summed E-state index contributed by atoms with van der Waals surface area (Å²) >= 11 is 0. The van der Waals surface area contributed by atoms with Crippen LogP contribution in [0.5, 0.6) is 0 Å². The molecule has 2 saturated heterocycles. The third-order valence-electron chi connectivity index (χ3n) is 4.40. The van der Waals surface area contributed by atoms with Gasteiger partial charge in [0.15, 0.2) is 12.1 Å². The Balaban J connectivity index is 1.35. The topological polar surface area (TPSA) is 54.0 Å². The first kappa shape index (κ1) is 16.4. The van der Waals surface area contributed by atoms with Gasteiger partial charge in [0.05, 0.1) is 19.3 Å². The van der Waals surface area contributed by atoms with E-state index in [1.54, 1.807) is 0 Å². The summed E-state index contributed by atoms with van der Waals surface area (Å²) < 4.78 is 23.1. The minimum absolute atomic E-state index is 0.0918. The molecule has 4 atom stereocenters. The van der Waals surface area contributed by atoms with Crippen LogP contribution in [0.1, 0.15) is 23.8 Å². The quantitative estimate of drug-likeness (QED) is 0.856. The monoisotopic (exact) mass is 340 g/mol. The highest BCUT2D eigenvalue weighted by atomic mass is 16.7. The largest absolute Gasteiger partial charge is 0.346 e. The average Bonchev–Trinajstić information content (AvgIpc) is 2.67. The van der Waals surface area contributed by atoms with Crippen LogP contribution in [0.3, 0.4) is 0 Å². The van der Waals surface area contributed by atoms with Gasteiger partial charge in [0.1, 0.15) is 6.10 Å². The van der Waals surface area contributed by atoms with Crippen molar-refractivity contribution in [2.75, 3.05) is 6.61 Å². The van der Waals surface area contributed by atoms with Gasteiger partial charge in [0, 0.05) is 12.0 Å². The molecule has 2 aliphatic rings. The Hall–Kier alpha value is -2.05. The third-order valence-corrected chi connectivity index (χ3v) is 4.40. The van der Waals surface area contributed by atoms with Crippen LogP contribution in [-0.2, 0) is 30.3 Å². The van der Waals surface area contributed by atoms with Crippen LogP contribution in [-0.4, -0.2) is 30.9 Å². The van der Waals surface area contributed by atoms with Gasteiger partial charge in [-0.3, -0.25) is 4.79 Å². The molecule has 0 amide bonds. The first-order valence-corrected chi connectivity index (χ1v) is 8.45. The standard InChI is InChI=1S/C20H20O5/c21-16-11-17-18(13-23-19(24-17)15-9-5-2-6-10-15)25-20(16)22-12-14-7-3-1-4-8-14/h1-10,17-20H,11-13H2/t17-,18+,19-,20-/m0/s1. The lowest BCUT2D eigenvalue weighted by atomic mass is 10.0. The molecule has 2 fully saturated rings. The summed E-state index contributed by atoms with van der Waals surface area (Å²) in [5.41, 5.74) is 1.94. The molecule has 0 unspecified atom stereocenters. The number of Topliss-reactive ketones (excluding diaryl/α,β-unsaturated/α-hetero) is 1. The number of benzene rings is 2. The van der Waals surface area contributed by atoms with E-state index in [9.17, 15) is 4.79 Å². The van der Waals surface area contributed by atoms with Crippen molar-refractivity contribution >= 4 is 5.78 Å². The zero-order chi connectivity index (χ0) is 17.1. The molecule has 0 radical (unpaired) electrons. The summed E-state index contributed by atoms with van der Waals surface area (Å²) in [7, 11) is 0. The van der Waals surface area contributed by atoms with Gasteiger partial charge >= 0.3 is 0 Å². The minimum Gasteiger partial charge on any atom is -0.346 e. The van der Waals surface area contributed by atoms with E-state index in [1.165, 1.54) is 0 Å². The van der Waals surface area contributed by atoms with Crippen LogP contribution < -0.4 is 0 Å². The number of ether oxygens (including phenoxy) is 4. The first-order chi connectivity index (χ1) is 12.3. The van der Waals surface area contributed by atoms with E-state index in [4.69, 9.17) is 18.9 Å². The smallest absolute Gasteiger partial charge is 0.218 e. The van der Waals surface area contributed by atoms with Gasteiger partial charge in [0.2, 0.25) is 6.29 Å². The Morgan fingerprint density at radius 3 is 2.40 bits per heavy atom. The molecule has 2 heterocycles. The lowest BCUT2D eigenvalue weighted by molar-refractivity contribution is -0.304. The molecule has 2 aromatic carbocycles. The van der Waals surface area contributed by atoms with E-state index in [1.807, 2.05) is 60.7 Å². The molecule has 25 heavy (non-hydrogen) atoms. The van der Waals surface area contributed by atoms with E-state index < -0.39 is 12.6 Å². The van der Waals surface area contributed by atoms with Crippen LogP contribution in [0.4, 0.5) is 0 Å². The van der Waals surface area contributed by atoms with Gasteiger partial charge in [-0.1, -0.05) is 60.7 Å². The highest BCUT2D eigenvalue weighted by Gasteiger charge is 2.42. The number of ketones is 1. The summed E-state index contributed by atoms with van der Waals surface area (Å²) in [6.45, 7) is 0.714. The number of hydrogen-bond donors (Lipinski definition) is 0. The second-order valence-electron chi connectivity index (χ2n) is 6.22. The van der Waals surface area contributed by atoms with Gasteiger partial charge in [-0.2, -0.15) is 0 Å². The van der Waals surface area contributed by atoms with Crippen molar-refractivity contribution in [1.29, 1.82) is 0 Å². The van der Waals surface area contributed by atoms with E-state index in [0.717, 1.165) is 11.1 Å². The lowest BCUT2D eigenvalue weighted by Gasteiger charge is -2.41. The number of rotatable bonds is 4. The van der Waals surface area contributed by atoms with Gasteiger partial charge < -0.3 is 18.9 Å². The summed E-state index contributed by atoms with van der Waals surface area (Å²) in [5.74, 6) is -0.0918. The highest BCUT2D eigenvalue weighted by Crippen LogP contribution is 2.32. The zero-order valence-corrected chi connectivity index (χ0v) is 13.7. The van der Waals surface area contributed by atoms with Crippen molar-refractivity contribution in [3.8, 4) is 0 Å². The maximum Gasteiger partial charge on any atom is 0.218 e. The molecule has 5 heteroatoms. The van der Waals surface area contributed by atoms with Gasteiger partial charge in [-0.05, 0) is 5.56 Å². The number of carbonyl (C=O) groups is 1. The molecule has 130 valence electrons. The first-order valence-electron chi connectivity index (χ1n) is 8.45. The maximum atomic E-state index is 12.3. The molecule has 2 aromatic rings. The van der Waals surface area contributed by atoms with Gasteiger partial charge in [-0.25, -0.2) is 0 Å². The second-order valence-corrected chi connectivity index (χ2v) is 6.22. The summed E-state index contributed by atoms with van der Waals surface area (Å²) in [4.78, 5) is 12.3. The fourth-order valence-electron chi connectivity index (χ4n) is 3.07. The molecule has 0 aliphatic carbocycles. The van der Waals surface area contributed by atoms with Crippen LogP contribution in [0.25, 0.3) is 0 Å². The lowest BCUT2D eigenvalue weighted by Crippen LogP contribution is -2.52. The number of hydrogen-bond acceptors (Lipinski definition) is 5. The molecule has 0 bridgehead atoms. The Bertz CT molecular complexity index is 703. The van der Waals surface area contributed by atoms with Crippen molar-refractivity contribution in [3.05, 3.63) is 71.8 Å². The normalized spacial score (nSPS) is 29.2. The Kier molecular flexibility index (Phi) is 4.90. The molecular weight excluding hydrogens is 320 g/mol. The molecule has 5 nitrogen and oxygen atoms in total. The Morgan fingerprint density at radius 1 is 0.920 bits per heavy atom. The number of fused-ring (bicyclic) bond motifs is 1. The molecular formula is C20H20O5. The third kappa shape index (κ3) is 3.80. The average molecular weight is 340 g/mol. The van der Waals surface area contributed by atoms with Crippen molar-refractivity contribution in [2.45, 2.75) is 37.8 Å². The van der Waals surface area contributed by atoms with Crippen molar-refractivity contribution in [3.63, 3.8) is 0 Å². The summed E-state index contributed by atoms with van der Waals surface area (Å²) in [5, 5.41) is 0. The predicted molar refractivity (Wildman–Crippen MR) is 89.5 cm³/mol. The van der Waals surface area contributed by atoms with E-state index in [0.29, 0.717) is 13.2 Å². The molecule has 4 rings (SSSR count). The molecule has 0 aromatic heterocycles. The van der Waals surface area contributed by atoms with Gasteiger partial charge in [-0.15, -0.1) is 0 Å². The van der Waals surface area contributed by atoms with Crippen molar-refractivity contribution in [2.24, 2.45) is 0 Å². The van der Waals surface area contributed by atoms with Crippen LogP contribution in [0.2, 0.25) is 0 Å². The highest BCUT2D eigenvalue weighted by molar-refractivity contribution is 5.83. The van der Waals surface area contributed by atoms with Crippen LogP contribution >= 0.6 is 0 Å². The molecule has 0 saturated carbocycles. The minimum atomic E-state index is -0.859. The van der Waals surface area contributed by atoms with Crippen molar-refractivity contribution in [1.82, 2.24) is 0 Å². The Morgan fingerprint density at radius 2 is 1.64 bits per heavy atom. The van der Waals surface area contributed by atoms with E-state index in [2.05, 4.69) is 0 Å². The number of carbonyl (C=O) groups excluding carboxylic acids is 1. The van der Waals surface area contributed by atoms with Gasteiger partial charge in [0.25, 0.3) is 0 Å². The molecule has 0 N–H and O–H groups in total. The van der Waals surface area contributed by atoms with Crippen LogP contribution in [0, 0.1) is 0 Å². The van der Waals surface area contributed by atoms with E-state index >= 15 is 0 Å². The van der Waals surface area contributed by atoms with Crippen LogP contribution in [0.15, 0.2) is 60.7 Å². The predicted octanol–water partition coefficient (Wildman–Crippen LogP) is 3.00. The van der Waals surface area contributed by atoms with E-state index in [-0.39, 0.29) is 24.4 Å². The molecule has 2 aliphatic heterocycles. The second kappa shape index (κ2) is 7.45. The Labute approximate surface area is 146 Å².